The first kappa shape index (κ1) is 20.1. The summed E-state index contributed by atoms with van der Waals surface area (Å²) >= 11 is 0. The number of hydrogen-bond donors (Lipinski definition) is 4. The maximum atomic E-state index is 6.01. The third-order valence-corrected chi connectivity index (χ3v) is 6.69. The molecule has 1 aliphatic heterocycles. The van der Waals surface area contributed by atoms with Gasteiger partial charge in [-0.3, -0.25) is 4.90 Å². The predicted octanol–water partition coefficient (Wildman–Crippen LogP) is -0.155. The van der Waals surface area contributed by atoms with Gasteiger partial charge in [0.25, 0.3) is 0 Å². The first-order valence-electron chi connectivity index (χ1n) is 10.9. The molecule has 0 radical (unpaired) electrons. The number of morpholine rings is 1. The number of nitrogens with one attached hydrogen (secondary N) is 1. The van der Waals surface area contributed by atoms with Crippen molar-refractivity contribution >= 4 is 23.8 Å². The fraction of sp³-hybridized carbons (Fsp3) is 0.684. The van der Waals surface area contributed by atoms with Crippen LogP contribution in [0.2, 0.25) is 0 Å². The van der Waals surface area contributed by atoms with Gasteiger partial charge in [0, 0.05) is 38.0 Å². The molecule has 4 unspecified atom stereocenters. The van der Waals surface area contributed by atoms with Crippen molar-refractivity contribution in [2.45, 2.75) is 31.1 Å². The maximum Gasteiger partial charge on any atom is 0.227 e. The van der Waals surface area contributed by atoms with Crippen molar-refractivity contribution in [2.75, 3.05) is 61.9 Å². The summed E-state index contributed by atoms with van der Waals surface area (Å²) in [7, 11) is 0. The van der Waals surface area contributed by atoms with Gasteiger partial charge in [-0.1, -0.05) is 0 Å². The van der Waals surface area contributed by atoms with Crippen molar-refractivity contribution < 1.29 is 4.74 Å². The van der Waals surface area contributed by atoms with Gasteiger partial charge in [-0.25, -0.2) is 0 Å². The lowest BCUT2D eigenvalue weighted by molar-refractivity contribution is 0.0398. The maximum absolute atomic E-state index is 6.01. The van der Waals surface area contributed by atoms with Gasteiger partial charge in [-0.15, -0.1) is 0 Å². The van der Waals surface area contributed by atoms with Crippen LogP contribution in [0, 0.1) is 11.8 Å². The van der Waals surface area contributed by atoms with Crippen molar-refractivity contribution in [1.82, 2.24) is 34.8 Å². The van der Waals surface area contributed by atoms with Crippen LogP contribution in [0.25, 0.3) is 0 Å². The SMILES string of the molecule is Nc1nc(N)nc(C2CC3CC2CC3c2nc(N)nc(NCCN3CCOCC3)n2)n1. The number of anilines is 4. The van der Waals surface area contributed by atoms with Gasteiger partial charge in [0.05, 0.1) is 13.2 Å². The van der Waals surface area contributed by atoms with E-state index in [-0.39, 0.29) is 29.7 Å². The van der Waals surface area contributed by atoms with E-state index in [0.717, 1.165) is 64.5 Å². The van der Waals surface area contributed by atoms with Crippen LogP contribution < -0.4 is 22.5 Å². The normalized spacial score (nSPS) is 28.1. The number of aromatic nitrogens is 6. The Morgan fingerprint density at radius 1 is 0.774 bits per heavy atom. The lowest BCUT2D eigenvalue weighted by Gasteiger charge is -2.27. The Kier molecular flexibility index (Phi) is 5.40. The highest BCUT2D eigenvalue weighted by molar-refractivity contribution is 5.33. The molecule has 12 nitrogen and oxygen atoms in total. The summed E-state index contributed by atoms with van der Waals surface area (Å²) in [5, 5.41) is 3.31. The number of fused-ring (bicyclic) bond motifs is 2. The summed E-state index contributed by atoms with van der Waals surface area (Å²) in [6, 6.07) is 0. The number of nitrogens with zero attached hydrogens (tertiary/aromatic N) is 7. The Morgan fingerprint density at radius 3 is 1.97 bits per heavy atom. The van der Waals surface area contributed by atoms with E-state index in [4.69, 9.17) is 26.9 Å². The first-order valence-corrected chi connectivity index (χ1v) is 10.9. The fourth-order valence-electron chi connectivity index (χ4n) is 5.31. The zero-order valence-corrected chi connectivity index (χ0v) is 17.4. The average Bonchev–Trinajstić information content (AvgIpc) is 3.35. The average molecular weight is 428 g/mol. The number of rotatable bonds is 6. The molecule has 12 heteroatoms. The minimum atomic E-state index is 0.180. The number of nitrogens with two attached hydrogens (primary N) is 3. The summed E-state index contributed by atoms with van der Waals surface area (Å²) in [5.74, 6) is 4.08. The minimum Gasteiger partial charge on any atom is -0.379 e. The predicted molar refractivity (Wildman–Crippen MR) is 115 cm³/mol. The molecule has 2 aliphatic carbocycles. The second kappa shape index (κ2) is 8.35. The van der Waals surface area contributed by atoms with Crippen LogP contribution in [-0.2, 0) is 4.74 Å². The zero-order chi connectivity index (χ0) is 21.4. The molecular formula is C19H29N11O. The van der Waals surface area contributed by atoms with E-state index >= 15 is 0 Å². The first-order chi connectivity index (χ1) is 15.0. The van der Waals surface area contributed by atoms with Crippen LogP contribution in [0.3, 0.4) is 0 Å². The largest absolute Gasteiger partial charge is 0.379 e. The fourth-order valence-corrected chi connectivity index (χ4v) is 5.31. The summed E-state index contributed by atoms with van der Waals surface area (Å²) in [5.41, 5.74) is 17.5. The summed E-state index contributed by atoms with van der Waals surface area (Å²) < 4.78 is 5.39. The molecule has 2 saturated carbocycles. The lowest BCUT2D eigenvalue weighted by Crippen LogP contribution is -2.39. The van der Waals surface area contributed by atoms with E-state index in [1.54, 1.807) is 0 Å². The molecule has 3 heterocycles. The Labute approximate surface area is 180 Å². The highest BCUT2D eigenvalue weighted by Crippen LogP contribution is 2.58. The molecule has 2 aromatic rings. The standard InChI is InChI=1S/C19H29N11O/c20-16-24-14(25-17(21)28-16)12-8-11-7-10(12)9-13(11)15-26-18(22)29-19(27-15)23-1-2-30-3-5-31-6-4-30/h10-13H,1-9H2,(H4,20,21,24,25,28)(H3,22,23,26,27,29). The topological polar surface area (TPSA) is 180 Å². The molecule has 1 saturated heterocycles. The molecule has 0 spiro atoms. The highest BCUT2D eigenvalue weighted by atomic mass is 16.5. The van der Waals surface area contributed by atoms with E-state index in [1.165, 1.54) is 0 Å². The Morgan fingerprint density at radius 2 is 1.35 bits per heavy atom. The van der Waals surface area contributed by atoms with Crippen LogP contribution in [0.1, 0.15) is 42.7 Å². The zero-order valence-electron chi connectivity index (χ0n) is 17.4. The third kappa shape index (κ3) is 4.30. The van der Waals surface area contributed by atoms with Crippen molar-refractivity contribution in [3.8, 4) is 0 Å². The van der Waals surface area contributed by atoms with Gasteiger partial charge in [0.2, 0.25) is 23.8 Å². The molecule has 2 aromatic heterocycles. The van der Waals surface area contributed by atoms with Crippen LogP contribution in [0.4, 0.5) is 23.8 Å². The van der Waals surface area contributed by atoms with Crippen LogP contribution in [0.15, 0.2) is 0 Å². The molecule has 5 rings (SSSR count). The monoisotopic (exact) mass is 427 g/mol. The van der Waals surface area contributed by atoms with Gasteiger partial charge < -0.3 is 27.3 Å². The molecule has 0 aromatic carbocycles. The summed E-state index contributed by atoms with van der Waals surface area (Å²) in [6.07, 6.45) is 3.02. The molecule has 166 valence electrons. The third-order valence-electron chi connectivity index (χ3n) is 6.69. The summed E-state index contributed by atoms with van der Waals surface area (Å²) in [4.78, 5) is 28.3. The van der Waals surface area contributed by atoms with Crippen molar-refractivity contribution in [3.63, 3.8) is 0 Å². The van der Waals surface area contributed by atoms with E-state index in [0.29, 0.717) is 23.6 Å². The van der Waals surface area contributed by atoms with Crippen LogP contribution >= 0.6 is 0 Å². The van der Waals surface area contributed by atoms with Crippen LogP contribution in [-0.4, -0.2) is 74.2 Å². The van der Waals surface area contributed by atoms with E-state index < -0.39 is 0 Å². The van der Waals surface area contributed by atoms with Gasteiger partial charge in [0.15, 0.2) is 0 Å². The Bertz CT molecular complexity index is 915. The van der Waals surface area contributed by atoms with Gasteiger partial charge >= 0.3 is 0 Å². The highest BCUT2D eigenvalue weighted by Gasteiger charge is 2.49. The molecule has 7 N–H and O–H groups in total. The van der Waals surface area contributed by atoms with Gasteiger partial charge in [-0.2, -0.15) is 29.9 Å². The molecule has 2 bridgehead atoms. The Balaban J connectivity index is 1.23. The quantitative estimate of drug-likeness (QED) is 0.479. The van der Waals surface area contributed by atoms with Gasteiger partial charge in [-0.05, 0) is 31.1 Å². The molecule has 3 fully saturated rings. The molecule has 4 atom stereocenters. The molecular weight excluding hydrogens is 398 g/mol. The van der Waals surface area contributed by atoms with Crippen LogP contribution in [0.5, 0.6) is 0 Å². The molecule has 0 amide bonds. The molecule has 31 heavy (non-hydrogen) atoms. The number of ether oxygens (including phenoxy) is 1. The Hall–Kier alpha value is -2.86. The second-order valence-electron chi connectivity index (χ2n) is 8.61. The van der Waals surface area contributed by atoms with Crippen molar-refractivity contribution in [2.24, 2.45) is 11.8 Å². The smallest absolute Gasteiger partial charge is 0.227 e. The van der Waals surface area contributed by atoms with Crippen molar-refractivity contribution in [1.29, 1.82) is 0 Å². The molecule has 3 aliphatic rings. The minimum absolute atomic E-state index is 0.180. The van der Waals surface area contributed by atoms with Gasteiger partial charge in [0.1, 0.15) is 11.6 Å². The van der Waals surface area contributed by atoms with E-state index in [9.17, 15) is 0 Å². The number of hydrogen-bond acceptors (Lipinski definition) is 12. The number of nitrogen functional groups attached to an aromatic ring is 3. The van der Waals surface area contributed by atoms with E-state index in [1.807, 2.05) is 0 Å². The second-order valence-corrected chi connectivity index (χ2v) is 8.61. The van der Waals surface area contributed by atoms with Crippen molar-refractivity contribution in [3.05, 3.63) is 11.6 Å². The summed E-state index contributed by atoms with van der Waals surface area (Å²) in [6.45, 7) is 5.16. The lowest BCUT2D eigenvalue weighted by atomic mass is 9.81. The van der Waals surface area contributed by atoms with E-state index in [2.05, 4.69) is 35.1 Å².